The van der Waals surface area contributed by atoms with E-state index < -0.39 is 20.3 Å². The summed E-state index contributed by atoms with van der Waals surface area (Å²) in [5, 5.41) is 0. The Bertz CT molecular complexity index is 41.3. The number of halogens is 5. The van der Waals surface area contributed by atoms with Gasteiger partial charge in [-0.3, -0.25) is 0 Å². The third kappa shape index (κ3) is 688. The summed E-state index contributed by atoms with van der Waals surface area (Å²) in [7, 11) is 0. The van der Waals surface area contributed by atoms with Crippen molar-refractivity contribution in [3.63, 3.8) is 0 Å². The summed E-state index contributed by atoms with van der Waals surface area (Å²) in [5.74, 6) is 0. The first-order chi connectivity index (χ1) is 2.24. The van der Waals surface area contributed by atoms with Crippen molar-refractivity contribution in [1.82, 2.24) is 0 Å². The molecule has 0 spiro atoms. The quantitative estimate of drug-likeness (QED) is 0.441. The first-order valence-corrected chi connectivity index (χ1v) is 5.67. The van der Waals surface area contributed by atoms with Gasteiger partial charge in [0.2, 0.25) is 0 Å². The van der Waals surface area contributed by atoms with Gasteiger partial charge in [0.15, 0.2) is 0 Å². The third-order valence-electron chi connectivity index (χ3n) is 0. The van der Waals surface area contributed by atoms with E-state index in [0.717, 1.165) is 0 Å². The number of rotatable bonds is 0. The zero-order valence-electron chi connectivity index (χ0n) is 2.84. The molecule has 0 unspecified atom stereocenters. The minimum absolute atomic E-state index is 0. The Kier molecular flexibility index (Phi) is 2.59. The van der Waals surface area contributed by atoms with Gasteiger partial charge in [-0.05, 0) is 0 Å². The molecule has 7 heavy (non-hydrogen) atoms. The summed E-state index contributed by atoms with van der Waals surface area (Å²) in [6, 6.07) is 0. The van der Waals surface area contributed by atoms with Crippen molar-refractivity contribution in [2.24, 2.45) is 0 Å². The van der Waals surface area contributed by atoms with Crippen LogP contribution in [0.1, 0.15) is 0 Å². The second kappa shape index (κ2) is 1.74. The molecule has 0 rings (SSSR count). The first-order valence-electron chi connectivity index (χ1n) is 0.845. The molecular weight excluding hydrogens is 233 g/mol. The van der Waals surface area contributed by atoms with Crippen LogP contribution in [0.3, 0.4) is 0 Å². The summed E-state index contributed by atoms with van der Waals surface area (Å²) in [4.78, 5) is 0. The molecule has 2 N–H and O–H groups in total. The van der Waals surface area contributed by atoms with Crippen LogP contribution in [0.25, 0.3) is 0 Å². The third-order valence-corrected chi connectivity index (χ3v) is 0. The molecule has 0 saturated heterocycles. The van der Waals surface area contributed by atoms with Crippen molar-refractivity contribution in [2.75, 3.05) is 0 Å². The van der Waals surface area contributed by atoms with Gasteiger partial charge < -0.3 is 5.48 Å². The SMILES string of the molecule is O.[F][Sb-]([F])([F])([F])[F]. The van der Waals surface area contributed by atoms with Crippen LogP contribution in [-0.2, 0) is 0 Å². The van der Waals surface area contributed by atoms with E-state index >= 15 is 0 Å². The molecule has 0 amide bonds. The zero-order valence-corrected chi connectivity index (χ0v) is 5.39. The molecule has 0 atom stereocenters. The van der Waals surface area contributed by atoms with Crippen molar-refractivity contribution >= 4 is 20.3 Å². The molecule has 49 valence electrons. The normalized spacial score (nSPS) is 16.4. The van der Waals surface area contributed by atoms with Gasteiger partial charge in [-0.25, -0.2) is 0 Å². The van der Waals surface area contributed by atoms with Crippen LogP contribution >= 0.6 is 0 Å². The molecular formula is H2F5OSb-. The van der Waals surface area contributed by atoms with Gasteiger partial charge >= 0.3 is 34.4 Å². The monoisotopic (exact) mass is 234 g/mol. The molecule has 0 heterocycles. The molecule has 0 aromatic heterocycles. The fourth-order valence-corrected chi connectivity index (χ4v) is 0. The zero-order chi connectivity index (χ0) is 5.45. The summed E-state index contributed by atoms with van der Waals surface area (Å²) in [5.41, 5.74) is 0. The molecule has 7 heteroatoms. The molecule has 1 nitrogen and oxygen atoms in total. The Labute approximate surface area is 40.5 Å². The summed E-state index contributed by atoms with van der Waals surface area (Å²) in [6.07, 6.45) is 0. The Balaban J connectivity index is 0. The second-order valence-electron chi connectivity index (χ2n) is 0.639. The van der Waals surface area contributed by atoms with Crippen LogP contribution in [0.2, 0.25) is 0 Å². The summed E-state index contributed by atoms with van der Waals surface area (Å²) < 4.78 is 49.6. The van der Waals surface area contributed by atoms with E-state index in [1.807, 2.05) is 0 Å². The molecule has 0 saturated carbocycles. The fraction of sp³-hybridized carbons (Fsp3) is 0. The molecule has 0 radical (unpaired) electrons. The molecule has 0 aliphatic heterocycles. The van der Waals surface area contributed by atoms with Gasteiger partial charge in [-0.15, -0.1) is 0 Å². The predicted molar refractivity (Wildman–Crippen MR) is 14.9 cm³/mol. The van der Waals surface area contributed by atoms with Crippen LogP contribution in [0.15, 0.2) is 0 Å². The topological polar surface area (TPSA) is 31.5 Å². The standard InChI is InChI=1S/5FH.H2O.Sb/h5*1H;1H2;/q;;;;;;+4/p-5. The van der Waals surface area contributed by atoms with E-state index in [-0.39, 0.29) is 5.48 Å². The van der Waals surface area contributed by atoms with Crippen molar-refractivity contribution in [3.8, 4) is 0 Å². The molecule has 0 aromatic carbocycles. The van der Waals surface area contributed by atoms with E-state index in [4.69, 9.17) is 0 Å². The van der Waals surface area contributed by atoms with E-state index in [1.165, 1.54) is 0 Å². The van der Waals surface area contributed by atoms with Crippen molar-refractivity contribution in [2.45, 2.75) is 0 Å². The van der Waals surface area contributed by atoms with Crippen molar-refractivity contribution in [1.29, 1.82) is 0 Å². The molecule has 0 bridgehead atoms. The minimum atomic E-state index is -9.19. The van der Waals surface area contributed by atoms with Gasteiger partial charge in [0.05, 0.1) is 0 Å². The van der Waals surface area contributed by atoms with Crippen LogP contribution in [0.4, 0.5) is 14.1 Å². The Morgan fingerprint density at radius 1 is 0.714 bits per heavy atom. The molecule has 0 aromatic rings. The molecule has 0 fully saturated rings. The molecule has 0 aliphatic carbocycles. The van der Waals surface area contributed by atoms with E-state index in [9.17, 15) is 14.1 Å². The fourth-order valence-electron chi connectivity index (χ4n) is 0. The van der Waals surface area contributed by atoms with Gasteiger partial charge in [0, 0.05) is 0 Å². The maximum absolute atomic E-state index is 9.91. The van der Waals surface area contributed by atoms with E-state index in [0.29, 0.717) is 0 Å². The average Bonchev–Trinajstić information content (AvgIpc) is 0.650. The number of hydrogen-bond acceptors (Lipinski definition) is 0. The predicted octanol–water partition coefficient (Wildman–Crippen LogP) is 0.895. The van der Waals surface area contributed by atoms with Crippen LogP contribution < -0.4 is 0 Å². The Morgan fingerprint density at radius 3 is 0.714 bits per heavy atom. The second-order valence-corrected chi connectivity index (χ2v) is 4.29. The van der Waals surface area contributed by atoms with Gasteiger partial charge in [0.1, 0.15) is 0 Å². The number of hydrogen-bond donors (Lipinski definition) is 0. The van der Waals surface area contributed by atoms with Gasteiger partial charge in [-0.2, -0.15) is 0 Å². The summed E-state index contributed by atoms with van der Waals surface area (Å²) >= 11 is -9.19. The van der Waals surface area contributed by atoms with Crippen LogP contribution in [0.5, 0.6) is 0 Å². The van der Waals surface area contributed by atoms with Gasteiger partial charge in [-0.1, -0.05) is 0 Å². The van der Waals surface area contributed by atoms with Gasteiger partial charge in [0.25, 0.3) is 0 Å². The maximum atomic E-state index is 9.91. The van der Waals surface area contributed by atoms with Crippen LogP contribution in [0, 0.1) is 0 Å². The molecule has 0 aliphatic rings. The average molecular weight is 235 g/mol. The van der Waals surface area contributed by atoms with Crippen molar-refractivity contribution in [3.05, 3.63) is 0 Å². The van der Waals surface area contributed by atoms with Crippen molar-refractivity contribution < 1.29 is 19.5 Å². The van der Waals surface area contributed by atoms with E-state index in [1.54, 1.807) is 0 Å². The first kappa shape index (κ1) is 10.4. The Hall–Kier alpha value is 0.428. The summed E-state index contributed by atoms with van der Waals surface area (Å²) in [6.45, 7) is 0. The van der Waals surface area contributed by atoms with Crippen LogP contribution in [-0.4, -0.2) is 25.8 Å². The van der Waals surface area contributed by atoms with E-state index in [2.05, 4.69) is 0 Å². The Morgan fingerprint density at radius 2 is 0.714 bits per heavy atom.